The number of benzene rings is 2. The summed E-state index contributed by atoms with van der Waals surface area (Å²) in [6.07, 6.45) is 2.48. The summed E-state index contributed by atoms with van der Waals surface area (Å²) in [6, 6.07) is 15.7. The van der Waals surface area contributed by atoms with Crippen molar-refractivity contribution >= 4 is 34.5 Å². The number of rotatable bonds is 13. The number of carbonyl (C=O) groups is 2. The van der Waals surface area contributed by atoms with Gasteiger partial charge in [0, 0.05) is 74.4 Å². The number of aliphatic hydroxyl groups is 1. The van der Waals surface area contributed by atoms with Crippen LogP contribution in [0.2, 0.25) is 0 Å². The van der Waals surface area contributed by atoms with E-state index in [1.54, 1.807) is 54.4 Å². The van der Waals surface area contributed by atoms with Crippen LogP contribution in [-0.2, 0) is 18.6 Å². The number of nitrogens with zero attached hydrogens (tertiary/aromatic N) is 5. The molecule has 0 aliphatic heterocycles. The molecule has 0 unspecified atom stereocenters. The Labute approximate surface area is 274 Å². The van der Waals surface area contributed by atoms with E-state index in [0.29, 0.717) is 41.0 Å². The maximum absolute atomic E-state index is 14.6. The highest BCUT2D eigenvalue weighted by atomic mass is 32.1. The van der Waals surface area contributed by atoms with Gasteiger partial charge in [0.1, 0.15) is 10.7 Å². The molecule has 2 heterocycles. The maximum Gasteiger partial charge on any atom is 0.254 e. The molecule has 4 aromatic rings. The van der Waals surface area contributed by atoms with Crippen molar-refractivity contribution in [3.05, 3.63) is 105 Å². The van der Waals surface area contributed by atoms with E-state index in [1.165, 1.54) is 31.4 Å². The number of aryl methyl sites for hydroxylation is 1. The Hall–Kier alpha value is -4.35. The molecule has 4 rings (SSSR count). The second kappa shape index (κ2) is 14.8. The topological polar surface area (TPSA) is 102 Å². The van der Waals surface area contributed by atoms with Crippen LogP contribution in [0.4, 0.5) is 15.8 Å². The van der Waals surface area contributed by atoms with Gasteiger partial charge in [0.15, 0.2) is 0 Å². The number of hydrogen-bond acceptors (Lipinski definition) is 8. The van der Waals surface area contributed by atoms with E-state index in [1.807, 2.05) is 61.6 Å². The molecular formula is C35H43FN6O3S. The van der Waals surface area contributed by atoms with Crippen molar-refractivity contribution in [2.75, 3.05) is 44.5 Å². The van der Waals surface area contributed by atoms with Crippen LogP contribution >= 0.6 is 11.3 Å². The van der Waals surface area contributed by atoms with Crippen LogP contribution in [0.25, 0.3) is 0 Å². The Bertz CT molecular complexity index is 1640. The normalized spacial score (nSPS) is 12.7. The largest absolute Gasteiger partial charge is 0.389 e. The first kappa shape index (κ1) is 34.5. The van der Waals surface area contributed by atoms with Crippen LogP contribution < -0.4 is 15.1 Å². The lowest BCUT2D eigenvalue weighted by Gasteiger charge is -2.30. The van der Waals surface area contributed by atoms with Crippen LogP contribution in [0.1, 0.15) is 56.4 Å². The van der Waals surface area contributed by atoms with Gasteiger partial charge in [-0.1, -0.05) is 30.3 Å². The minimum atomic E-state index is -1.57. The summed E-state index contributed by atoms with van der Waals surface area (Å²) >= 11 is 1.50. The summed E-state index contributed by atoms with van der Waals surface area (Å²) in [5, 5.41) is 17.3. The Morgan fingerprint density at radius 2 is 1.70 bits per heavy atom. The summed E-state index contributed by atoms with van der Waals surface area (Å²) in [4.78, 5) is 41.2. The second-order valence-electron chi connectivity index (χ2n) is 12.3. The third kappa shape index (κ3) is 9.11. The molecule has 46 heavy (non-hydrogen) atoms. The number of aromatic nitrogens is 2. The van der Waals surface area contributed by atoms with E-state index in [2.05, 4.69) is 15.3 Å². The minimum Gasteiger partial charge on any atom is -0.389 e. The number of likely N-dealkylation sites (N-methyl/N-ethyl adjacent to an activating group) is 1. The predicted molar refractivity (Wildman–Crippen MR) is 182 cm³/mol. The predicted octanol–water partition coefficient (Wildman–Crippen LogP) is 5.23. The summed E-state index contributed by atoms with van der Waals surface area (Å²) in [5.74, 6) is -0.651. The quantitative estimate of drug-likeness (QED) is 0.205. The van der Waals surface area contributed by atoms with E-state index in [-0.39, 0.29) is 12.5 Å². The number of alkyl halides is 1. The van der Waals surface area contributed by atoms with Gasteiger partial charge in [-0.3, -0.25) is 14.6 Å². The van der Waals surface area contributed by atoms with Crippen molar-refractivity contribution in [3.8, 4) is 0 Å². The number of carbonyl (C=O) groups excluding carboxylic acids is 2. The lowest BCUT2D eigenvalue weighted by atomic mass is 9.99. The third-order valence-electron chi connectivity index (χ3n) is 7.72. The lowest BCUT2D eigenvalue weighted by molar-refractivity contribution is 0.0785. The van der Waals surface area contributed by atoms with Crippen LogP contribution in [0.3, 0.4) is 0 Å². The summed E-state index contributed by atoms with van der Waals surface area (Å²) in [7, 11) is 7.19. The Kier molecular flexibility index (Phi) is 11.1. The number of aliphatic hydroxyl groups excluding tert-OH is 1. The number of halogens is 1. The van der Waals surface area contributed by atoms with Gasteiger partial charge in [-0.2, -0.15) is 0 Å². The van der Waals surface area contributed by atoms with E-state index in [9.17, 15) is 19.1 Å². The molecule has 11 heteroatoms. The highest BCUT2D eigenvalue weighted by molar-refractivity contribution is 7.09. The van der Waals surface area contributed by atoms with Gasteiger partial charge in [0.05, 0.1) is 30.6 Å². The molecule has 244 valence electrons. The van der Waals surface area contributed by atoms with E-state index in [0.717, 1.165) is 16.3 Å². The number of thiazole rings is 1. The molecule has 0 aliphatic rings. The zero-order chi connectivity index (χ0) is 33.6. The molecule has 2 aromatic heterocycles. The average Bonchev–Trinajstić information content (AvgIpc) is 3.44. The van der Waals surface area contributed by atoms with E-state index in [4.69, 9.17) is 0 Å². The molecule has 0 radical (unpaired) electrons. The van der Waals surface area contributed by atoms with Crippen molar-refractivity contribution in [2.24, 2.45) is 0 Å². The number of amides is 2. The van der Waals surface area contributed by atoms with Crippen molar-refractivity contribution < 1.29 is 19.1 Å². The summed E-state index contributed by atoms with van der Waals surface area (Å²) in [5.41, 5.74) is 2.71. The van der Waals surface area contributed by atoms with Gasteiger partial charge in [0.25, 0.3) is 11.8 Å². The van der Waals surface area contributed by atoms with Crippen LogP contribution in [0.5, 0.6) is 0 Å². The SMILES string of the molecule is Cc1csc(CN(C)C(=O)c2cc(C(=O)N[C@@H](Cc3ccccc3)[C@H](O)CN(C)c3cncc(C(C)(C)F)c3)cc(N(C)C)c2)n1. The van der Waals surface area contributed by atoms with Gasteiger partial charge in [0.2, 0.25) is 0 Å². The molecule has 0 spiro atoms. The zero-order valence-corrected chi connectivity index (χ0v) is 28.3. The Balaban J connectivity index is 1.58. The van der Waals surface area contributed by atoms with Crippen LogP contribution in [-0.4, -0.2) is 78.7 Å². The third-order valence-corrected chi connectivity index (χ3v) is 8.67. The summed E-state index contributed by atoms with van der Waals surface area (Å²) in [6.45, 7) is 5.36. The molecule has 0 saturated heterocycles. The fourth-order valence-corrected chi connectivity index (χ4v) is 5.80. The average molecular weight is 647 g/mol. The fourth-order valence-electron chi connectivity index (χ4n) is 4.97. The first-order valence-corrected chi connectivity index (χ1v) is 16.0. The zero-order valence-electron chi connectivity index (χ0n) is 27.5. The highest BCUT2D eigenvalue weighted by Crippen LogP contribution is 2.27. The fraction of sp³-hybridized carbons (Fsp3) is 0.371. The van der Waals surface area contributed by atoms with Crippen molar-refractivity contribution in [3.63, 3.8) is 0 Å². The van der Waals surface area contributed by atoms with Gasteiger partial charge in [-0.15, -0.1) is 11.3 Å². The maximum atomic E-state index is 14.6. The molecule has 2 aromatic carbocycles. The Morgan fingerprint density at radius 3 is 2.33 bits per heavy atom. The lowest BCUT2D eigenvalue weighted by Crippen LogP contribution is -2.49. The van der Waals surface area contributed by atoms with Crippen molar-refractivity contribution in [2.45, 2.75) is 51.6 Å². The van der Waals surface area contributed by atoms with Gasteiger partial charge < -0.3 is 25.1 Å². The molecule has 2 N–H and O–H groups in total. The minimum absolute atomic E-state index is 0.151. The van der Waals surface area contributed by atoms with E-state index >= 15 is 0 Å². The van der Waals surface area contributed by atoms with Crippen molar-refractivity contribution in [1.29, 1.82) is 0 Å². The molecule has 2 amide bonds. The Morgan fingerprint density at radius 1 is 1.00 bits per heavy atom. The molecule has 0 saturated carbocycles. The number of anilines is 2. The number of pyridine rings is 1. The van der Waals surface area contributed by atoms with E-state index < -0.39 is 23.7 Å². The monoisotopic (exact) mass is 646 g/mol. The smallest absolute Gasteiger partial charge is 0.254 e. The standard InChI is InChI=1S/C35H43FN6O3S/c1-23-22-46-32(38-23)21-42(7)34(45)26-14-25(15-28(16-26)40(4)5)33(44)39-30(13-24-11-9-8-10-12-24)31(43)20-41(6)29-17-27(18-37-19-29)35(2,3)36/h8-12,14-19,22,30-31,43H,13,20-21H2,1-7H3,(H,39,44)/t30-,31+/m0/s1. The number of nitrogens with one attached hydrogen (secondary N) is 1. The highest BCUT2D eigenvalue weighted by Gasteiger charge is 2.26. The van der Waals surface area contributed by atoms with Crippen molar-refractivity contribution in [1.82, 2.24) is 20.2 Å². The molecule has 9 nitrogen and oxygen atoms in total. The van der Waals surface area contributed by atoms with Crippen LogP contribution in [0.15, 0.2) is 72.4 Å². The summed E-state index contributed by atoms with van der Waals surface area (Å²) < 4.78 is 14.6. The molecular weight excluding hydrogens is 603 g/mol. The molecule has 0 fully saturated rings. The van der Waals surface area contributed by atoms with Gasteiger partial charge in [-0.25, -0.2) is 9.37 Å². The second-order valence-corrected chi connectivity index (χ2v) is 13.3. The van der Waals surface area contributed by atoms with Gasteiger partial charge in [-0.05, 0) is 57.0 Å². The first-order valence-electron chi connectivity index (χ1n) is 15.1. The first-order chi connectivity index (χ1) is 21.7. The van der Waals surface area contributed by atoms with Gasteiger partial charge >= 0.3 is 0 Å². The molecule has 2 atom stereocenters. The number of hydrogen-bond donors (Lipinski definition) is 2. The molecule has 0 bridgehead atoms. The molecule has 0 aliphatic carbocycles. The van der Waals surface area contributed by atoms with Crippen LogP contribution in [0, 0.1) is 6.92 Å².